The molecule has 1 aliphatic rings. The van der Waals surface area contributed by atoms with Crippen LogP contribution in [0.2, 0.25) is 16.6 Å². The van der Waals surface area contributed by atoms with Crippen LogP contribution >= 0.6 is 0 Å². The van der Waals surface area contributed by atoms with E-state index in [-0.39, 0.29) is 0 Å². The normalized spacial score (nSPS) is 18.6. The van der Waals surface area contributed by atoms with E-state index in [0.29, 0.717) is 22.7 Å². The second-order valence-electron chi connectivity index (χ2n) is 8.22. The van der Waals surface area contributed by atoms with Crippen molar-refractivity contribution in [2.75, 3.05) is 30.8 Å². The lowest BCUT2D eigenvalue weighted by Gasteiger charge is -2.44. The maximum Gasteiger partial charge on any atom is 0.200 e. The van der Waals surface area contributed by atoms with Gasteiger partial charge in [0.1, 0.15) is 5.75 Å². The summed E-state index contributed by atoms with van der Waals surface area (Å²) < 4.78 is 12.5. The van der Waals surface area contributed by atoms with Crippen molar-refractivity contribution in [2.45, 2.75) is 70.7 Å². The third kappa shape index (κ3) is 3.98. The summed E-state index contributed by atoms with van der Waals surface area (Å²) in [5.74, 6) is 0.848. The number of nitrogens with zero attached hydrogens (tertiary/aromatic N) is 1. The third-order valence-electron chi connectivity index (χ3n) is 5.77. The third-order valence-corrected chi connectivity index (χ3v) is 11.9. The average molecular weight is 365 g/mol. The molecule has 0 amide bonds. The summed E-state index contributed by atoms with van der Waals surface area (Å²) in [5.41, 5.74) is 9.60. The van der Waals surface area contributed by atoms with Crippen molar-refractivity contribution in [2.24, 2.45) is 0 Å². The van der Waals surface area contributed by atoms with Crippen molar-refractivity contribution in [1.82, 2.24) is 0 Å². The highest BCUT2D eigenvalue weighted by Gasteiger charge is 2.47. The SMILES string of the molecule is COc1cc(N)ccc1N1CCC(O[Si](C(C)C)(C(C)C)C(C)C)C1. The molecule has 1 fully saturated rings. The molecule has 0 aliphatic carbocycles. The van der Waals surface area contributed by atoms with Gasteiger partial charge in [-0.15, -0.1) is 0 Å². The van der Waals surface area contributed by atoms with E-state index < -0.39 is 8.32 Å². The summed E-state index contributed by atoms with van der Waals surface area (Å²) in [7, 11) is -0.127. The number of hydrogen-bond acceptors (Lipinski definition) is 4. The second-order valence-corrected chi connectivity index (χ2v) is 13.6. The van der Waals surface area contributed by atoms with Gasteiger partial charge >= 0.3 is 0 Å². The number of nitrogens with two attached hydrogens (primary N) is 1. The first-order valence-electron chi connectivity index (χ1n) is 9.58. The Bertz CT molecular complexity index is 553. The highest BCUT2D eigenvalue weighted by Crippen LogP contribution is 2.44. The number of nitrogen functional groups attached to an aromatic ring is 1. The molecule has 0 radical (unpaired) electrons. The molecule has 142 valence electrons. The van der Waals surface area contributed by atoms with Gasteiger partial charge in [0.05, 0.1) is 18.9 Å². The summed E-state index contributed by atoms with van der Waals surface area (Å²) in [6.07, 6.45) is 1.38. The van der Waals surface area contributed by atoms with Crippen molar-refractivity contribution in [3.63, 3.8) is 0 Å². The Morgan fingerprint density at radius 2 is 1.68 bits per heavy atom. The van der Waals surface area contributed by atoms with Crippen LogP contribution < -0.4 is 15.4 Å². The van der Waals surface area contributed by atoms with Crippen molar-refractivity contribution in [3.05, 3.63) is 18.2 Å². The zero-order chi connectivity index (χ0) is 18.8. The second kappa shape index (κ2) is 8.00. The maximum absolute atomic E-state index is 6.96. The molecule has 1 heterocycles. The Labute approximate surface area is 154 Å². The molecule has 0 saturated carbocycles. The molecule has 2 N–H and O–H groups in total. The molecular formula is C20H36N2O2Si. The lowest BCUT2D eigenvalue weighted by Crippen LogP contribution is -2.50. The van der Waals surface area contributed by atoms with Gasteiger partial charge in [0, 0.05) is 24.8 Å². The lowest BCUT2D eigenvalue weighted by atomic mass is 10.2. The van der Waals surface area contributed by atoms with Crippen LogP contribution in [0.25, 0.3) is 0 Å². The van der Waals surface area contributed by atoms with Crippen LogP contribution in [0, 0.1) is 0 Å². The molecule has 25 heavy (non-hydrogen) atoms. The minimum absolute atomic E-state index is 0.307. The largest absolute Gasteiger partial charge is 0.495 e. The number of rotatable bonds is 7. The first-order valence-corrected chi connectivity index (χ1v) is 11.7. The summed E-state index contributed by atoms with van der Waals surface area (Å²) in [5, 5.41) is 0. The fourth-order valence-corrected chi connectivity index (χ4v) is 10.3. The first kappa shape index (κ1) is 20.1. The fourth-order valence-electron chi connectivity index (χ4n) is 4.70. The van der Waals surface area contributed by atoms with Gasteiger partial charge in [0.2, 0.25) is 8.32 Å². The molecule has 1 atom stereocenters. The van der Waals surface area contributed by atoms with Crippen molar-refractivity contribution in [3.8, 4) is 5.75 Å². The summed E-state index contributed by atoms with van der Waals surface area (Å²) >= 11 is 0. The van der Waals surface area contributed by atoms with Crippen molar-refractivity contribution >= 4 is 19.7 Å². The van der Waals surface area contributed by atoms with Gasteiger partial charge in [-0.2, -0.15) is 0 Å². The Morgan fingerprint density at radius 3 is 2.20 bits per heavy atom. The van der Waals surface area contributed by atoms with Crippen LogP contribution in [0.1, 0.15) is 48.0 Å². The van der Waals surface area contributed by atoms with E-state index in [4.69, 9.17) is 14.9 Å². The number of benzene rings is 1. The van der Waals surface area contributed by atoms with Gasteiger partial charge in [-0.3, -0.25) is 0 Å². The highest BCUT2D eigenvalue weighted by molar-refractivity contribution is 6.77. The smallest absolute Gasteiger partial charge is 0.200 e. The number of anilines is 2. The van der Waals surface area contributed by atoms with E-state index in [2.05, 4.69) is 52.5 Å². The predicted molar refractivity (Wildman–Crippen MR) is 110 cm³/mol. The monoisotopic (exact) mass is 364 g/mol. The highest BCUT2D eigenvalue weighted by atomic mass is 28.4. The fraction of sp³-hybridized carbons (Fsp3) is 0.700. The summed E-state index contributed by atoms with van der Waals surface area (Å²) in [6.45, 7) is 16.0. The number of ether oxygens (including phenoxy) is 1. The molecule has 1 unspecified atom stereocenters. The minimum Gasteiger partial charge on any atom is -0.495 e. The first-order chi connectivity index (χ1) is 11.7. The predicted octanol–water partition coefficient (Wildman–Crippen LogP) is 5.05. The molecular weight excluding hydrogens is 328 g/mol. The molecule has 0 bridgehead atoms. The zero-order valence-corrected chi connectivity index (χ0v) is 18.0. The standard InChI is InChI=1S/C20H36N2O2Si/c1-14(2)25(15(3)4,16(5)6)24-18-10-11-22(13-18)19-9-8-17(21)12-20(19)23-7/h8-9,12,14-16,18H,10-11,13,21H2,1-7H3. The van der Waals surface area contributed by atoms with Gasteiger partial charge in [0.15, 0.2) is 0 Å². The van der Waals surface area contributed by atoms with Crippen LogP contribution in [-0.4, -0.2) is 34.6 Å². The van der Waals surface area contributed by atoms with Crippen LogP contribution in [0.4, 0.5) is 11.4 Å². The Balaban J connectivity index is 2.17. The quantitative estimate of drug-likeness (QED) is 0.543. The molecule has 1 aromatic rings. The van der Waals surface area contributed by atoms with E-state index in [1.165, 1.54) is 0 Å². The zero-order valence-electron chi connectivity index (χ0n) is 17.0. The Hall–Kier alpha value is -1.20. The number of methoxy groups -OCH3 is 1. The van der Waals surface area contributed by atoms with Crippen LogP contribution in [0.5, 0.6) is 5.75 Å². The Morgan fingerprint density at radius 1 is 1.08 bits per heavy atom. The van der Waals surface area contributed by atoms with Gasteiger partial charge in [-0.05, 0) is 35.2 Å². The van der Waals surface area contributed by atoms with E-state index in [1.54, 1.807) is 7.11 Å². The molecule has 1 aromatic carbocycles. The van der Waals surface area contributed by atoms with E-state index >= 15 is 0 Å². The van der Waals surface area contributed by atoms with E-state index in [1.807, 2.05) is 12.1 Å². The van der Waals surface area contributed by atoms with E-state index in [0.717, 1.165) is 36.6 Å². The van der Waals surface area contributed by atoms with Crippen LogP contribution in [0.15, 0.2) is 18.2 Å². The van der Waals surface area contributed by atoms with Crippen LogP contribution in [-0.2, 0) is 4.43 Å². The van der Waals surface area contributed by atoms with Gasteiger partial charge in [-0.25, -0.2) is 0 Å². The van der Waals surface area contributed by atoms with Gasteiger partial charge in [0.25, 0.3) is 0 Å². The average Bonchev–Trinajstić information content (AvgIpc) is 2.99. The van der Waals surface area contributed by atoms with Gasteiger partial charge in [-0.1, -0.05) is 41.5 Å². The van der Waals surface area contributed by atoms with Crippen LogP contribution in [0.3, 0.4) is 0 Å². The lowest BCUT2D eigenvalue weighted by molar-refractivity contribution is 0.194. The maximum atomic E-state index is 6.96. The van der Waals surface area contributed by atoms with Crippen molar-refractivity contribution < 1.29 is 9.16 Å². The molecule has 2 rings (SSSR count). The summed E-state index contributed by atoms with van der Waals surface area (Å²) in [4.78, 5) is 2.38. The molecule has 5 heteroatoms. The number of hydrogen-bond donors (Lipinski definition) is 1. The minimum atomic E-state index is -1.83. The molecule has 4 nitrogen and oxygen atoms in total. The van der Waals surface area contributed by atoms with Crippen molar-refractivity contribution in [1.29, 1.82) is 0 Å². The molecule has 1 aliphatic heterocycles. The topological polar surface area (TPSA) is 47.7 Å². The Kier molecular flexibility index (Phi) is 6.44. The van der Waals surface area contributed by atoms with Gasteiger partial charge < -0.3 is 19.8 Å². The summed E-state index contributed by atoms with van der Waals surface area (Å²) in [6, 6.07) is 5.91. The molecule has 0 spiro atoms. The molecule has 0 aromatic heterocycles. The molecule has 1 saturated heterocycles. The van der Waals surface area contributed by atoms with E-state index in [9.17, 15) is 0 Å².